The molecule has 332 valence electrons. The number of hydrogen-bond donors (Lipinski definition) is 0. The summed E-state index contributed by atoms with van der Waals surface area (Å²) in [7, 11) is 0. The van der Waals surface area contributed by atoms with Gasteiger partial charge in [-0.25, -0.2) is 0 Å². The molecule has 0 aliphatic heterocycles. The van der Waals surface area contributed by atoms with Crippen LogP contribution in [0.15, 0.2) is 0 Å². The Morgan fingerprint density at radius 2 is 0.745 bits per heavy atom. The van der Waals surface area contributed by atoms with Crippen molar-refractivity contribution in [3.63, 3.8) is 0 Å². The third kappa shape index (κ3) is 35.1. The maximum Gasteiger partial charge on any atom is 0.248 e. The van der Waals surface area contributed by atoms with Gasteiger partial charge in [-0.1, -0.05) is 219 Å². The third-order valence-corrected chi connectivity index (χ3v) is 21.2. The molecule has 0 N–H and O–H groups in total. The maximum absolute atomic E-state index is 6.60. The predicted octanol–water partition coefficient (Wildman–Crippen LogP) is 17.5. The zero-order valence-corrected chi connectivity index (χ0v) is 42.6. The summed E-state index contributed by atoms with van der Waals surface area (Å²) in [5, 5.41) is 0. The van der Waals surface area contributed by atoms with E-state index in [1.807, 2.05) is 0 Å². The monoisotopic (exact) mass is 890 g/mol. The summed E-state index contributed by atoms with van der Waals surface area (Å²) in [4.78, 5) is 2.53. The molecule has 11 heteroatoms. The van der Waals surface area contributed by atoms with Gasteiger partial charge in [-0.2, -0.15) is 0 Å². The van der Waals surface area contributed by atoms with Gasteiger partial charge in [0.25, 0.3) is 0 Å². The van der Waals surface area contributed by atoms with Crippen molar-refractivity contribution in [2.45, 2.75) is 228 Å². The van der Waals surface area contributed by atoms with E-state index >= 15 is 0 Å². The van der Waals surface area contributed by atoms with Gasteiger partial charge in [-0.15, -0.1) is 0 Å². The second-order valence-electron chi connectivity index (χ2n) is 15.9. The fourth-order valence-electron chi connectivity index (χ4n) is 6.41. The Kier molecular flexibility index (Phi) is 42.5. The zero-order valence-electron chi connectivity index (χ0n) is 37.5. The standard InChI is InChI=1S/C44H93NO4P2S4/c1-8-15-20-21-22-23-24-25-26-27-28-29-30-31-32-33-36-45(41-54-50(52,46-37-18-11-4)48-39-43(13-6)34-16-9-2)42-55-51(53,47-38-19-12-5)49-40-44(14-7)35-17-10-3/h43-44H,8-42H2,1-7H3. The minimum Gasteiger partial charge on any atom is -0.322 e. The highest BCUT2D eigenvalue weighted by Crippen LogP contribution is 2.63. The van der Waals surface area contributed by atoms with Gasteiger partial charge < -0.3 is 18.1 Å². The number of unbranched alkanes of at least 4 members (excludes halogenated alkanes) is 19. The van der Waals surface area contributed by atoms with Gasteiger partial charge in [0, 0.05) is 0 Å². The Labute approximate surface area is 363 Å². The van der Waals surface area contributed by atoms with E-state index in [0.717, 1.165) is 56.8 Å². The summed E-state index contributed by atoms with van der Waals surface area (Å²) in [5.41, 5.74) is -4.97. The van der Waals surface area contributed by atoms with Crippen molar-refractivity contribution in [2.75, 3.05) is 44.7 Å². The first-order valence-electron chi connectivity index (χ1n) is 23.5. The second kappa shape index (κ2) is 41.2. The van der Waals surface area contributed by atoms with Crippen LogP contribution >= 0.6 is 34.2 Å². The van der Waals surface area contributed by atoms with Crippen LogP contribution in [-0.4, -0.2) is 49.6 Å². The highest BCUT2D eigenvalue weighted by Gasteiger charge is 2.27. The molecular formula is C44H93NO4P2S4. The quantitative estimate of drug-likeness (QED) is 0.0338. The van der Waals surface area contributed by atoms with Gasteiger partial charge in [-0.3, -0.25) is 4.90 Å². The van der Waals surface area contributed by atoms with Crippen LogP contribution in [0, 0.1) is 11.8 Å². The molecule has 4 atom stereocenters. The number of nitrogens with zero attached hydrogens (tertiary/aromatic N) is 1. The van der Waals surface area contributed by atoms with E-state index in [9.17, 15) is 0 Å². The van der Waals surface area contributed by atoms with E-state index in [2.05, 4.69) is 53.4 Å². The van der Waals surface area contributed by atoms with Crippen LogP contribution in [0.3, 0.4) is 0 Å². The topological polar surface area (TPSA) is 40.2 Å². The molecule has 0 rings (SSSR count). The first kappa shape index (κ1) is 56.8. The molecule has 0 aliphatic carbocycles. The average Bonchev–Trinajstić information content (AvgIpc) is 3.19. The molecule has 0 bridgehead atoms. The lowest BCUT2D eigenvalue weighted by Crippen LogP contribution is -2.24. The van der Waals surface area contributed by atoms with E-state index in [1.165, 1.54) is 141 Å². The van der Waals surface area contributed by atoms with Crippen molar-refractivity contribution in [3.05, 3.63) is 0 Å². The van der Waals surface area contributed by atoms with Crippen LogP contribution in [0.1, 0.15) is 228 Å². The summed E-state index contributed by atoms with van der Waals surface area (Å²) in [5.74, 6) is 2.67. The largest absolute Gasteiger partial charge is 0.322 e. The molecular weight excluding hydrogens is 797 g/mol. The van der Waals surface area contributed by atoms with E-state index in [1.54, 1.807) is 22.8 Å². The van der Waals surface area contributed by atoms with Crippen LogP contribution in [0.25, 0.3) is 0 Å². The Morgan fingerprint density at radius 3 is 1.07 bits per heavy atom. The molecule has 5 nitrogen and oxygen atoms in total. The molecule has 0 aromatic rings. The van der Waals surface area contributed by atoms with Crippen LogP contribution < -0.4 is 0 Å². The Bertz CT molecular complexity index is 854. The van der Waals surface area contributed by atoms with Crippen molar-refractivity contribution in [3.8, 4) is 0 Å². The molecule has 0 aliphatic rings. The maximum atomic E-state index is 6.60. The lowest BCUT2D eigenvalue weighted by molar-refractivity contribution is 0.211. The fraction of sp³-hybridized carbons (Fsp3) is 1.00. The second-order valence-corrected chi connectivity index (χ2v) is 28.5. The molecule has 4 unspecified atom stereocenters. The normalized spacial score (nSPS) is 15.3. The minimum atomic E-state index is -2.49. The van der Waals surface area contributed by atoms with Crippen LogP contribution in [0.2, 0.25) is 0 Å². The van der Waals surface area contributed by atoms with Crippen LogP contribution in [0.5, 0.6) is 0 Å². The molecule has 0 saturated carbocycles. The van der Waals surface area contributed by atoms with Crippen molar-refractivity contribution in [1.82, 2.24) is 4.90 Å². The van der Waals surface area contributed by atoms with Crippen molar-refractivity contribution in [2.24, 2.45) is 11.8 Å². The van der Waals surface area contributed by atoms with Crippen molar-refractivity contribution in [1.29, 1.82) is 0 Å². The van der Waals surface area contributed by atoms with E-state index in [4.69, 9.17) is 41.7 Å². The van der Waals surface area contributed by atoms with Gasteiger partial charge in [0.15, 0.2) is 0 Å². The van der Waals surface area contributed by atoms with Gasteiger partial charge in [0.1, 0.15) is 0 Å². The lowest BCUT2D eigenvalue weighted by Gasteiger charge is -2.30. The summed E-state index contributed by atoms with van der Waals surface area (Å²) >= 11 is 16.0. The van der Waals surface area contributed by atoms with Gasteiger partial charge in [0.2, 0.25) is 11.4 Å². The molecule has 0 aromatic heterocycles. The van der Waals surface area contributed by atoms with E-state index in [0.29, 0.717) is 38.3 Å². The molecule has 0 radical (unpaired) electrons. The summed E-state index contributed by atoms with van der Waals surface area (Å²) in [6.45, 7) is 19.6. The van der Waals surface area contributed by atoms with Crippen molar-refractivity contribution >= 4 is 57.8 Å². The highest BCUT2D eigenvalue weighted by molar-refractivity contribution is 8.68. The summed E-state index contributed by atoms with van der Waals surface area (Å²) in [6.07, 6.45) is 35.9. The molecule has 0 aromatic carbocycles. The number of hydrogen-bond acceptors (Lipinski definition) is 9. The Hall–Kier alpha value is 1.80. The summed E-state index contributed by atoms with van der Waals surface area (Å²) in [6, 6.07) is 0. The van der Waals surface area contributed by atoms with Gasteiger partial charge in [0.05, 0.1) is 38.2 Å². The molecule has 0 saturated heterocycles. The van der Waals surface area contributed by atoms with E-state index in [-0.39, 0.29) is 0 Å². The predicted molar refractivity (Wildman–Crippen MR) is 260 cm³/mol. The first-order chi connectivity index (χ1) is 26.7. The molecule has 55 heavy (non-hydrogen) atoms. The zero-order chi connectivity index (χ0) is 40.7. The van der Waals surface area contributed by atoms with Crippen LogP contribution in [-0.2, 0) is 41.7 Å². The van der Waals surface area contributed by atoms with Crippen LogP contribution in [0.4, 0.5) is 0 Å². The fourth-order valence-corrected chi connectivity index (χ4v) is 14.7. The molecule has 0 amide bonds. The van der Waals surface area contributed by atoms with Crippen molar-refractivity contribution < 1.29 is 18.1 Å². The van der Waals surface area contributed by atoms with E-state index < -0.39 is 11.4 Å². The van der Waals surface area contributed by atoms with Gasteiger partial charge in [-0.05, 0) is 74.1 Å². The summed E-state index contributed by atoms with van der Waals surface area (Å²) < 4.78 is 26.1. The SMILES string of the molecule is CCCCCCCCCCCCCCCCCCN(CSP(=S)(OCCCC)OCC(CC)CCCC)CSP(=S)(OCCCC)OCC(CC)CCCC. The molecule has 0 heterocycles. The average molecular weight is 890 g/mol. The third-order valence-electron chi connectivity index (χ3n) is 10.6. The highest BCUT2D eigenvalue weighted by atomic mass is 32.9. The molecule has 0 spiro atoms. The number of rotatable bonds is 45. The minimum absolute atomic E-state index is 0.543. The smallest absolute Gasteiger partial charge is 0.248 e. The Morgan fingerprint density at radius 1 is 0.418 bits per heavy atom. The molecule has 0 fully saturated rings. The first-order valence-corrected chi connectivity index (χ1v) is 32.0. The Balaban J connectivity index is 5.32. The lowest BCUT2D eigenvalue weighted by atomic mass is 10.0. The van der Waals surface area contributed by atoms with Gasteiger partial charge >= 0.3 is 0 Å².